The Morgan fingerprint density at radius 3 is 2.24 bits per heavy atom. The number of carbonyl (C=O) groups is 3. The average molecular weight is 412 g/mol. The third-order valence-corrected chi connectivity index (χ3v) is 5.77. The molecule has 2 aliphatic heterocycles. The molecule has 2 aliphatic rings. The molecule has 0 N–H and O–H groups in total. The van der Waals surface area contributed by atoms with Gasteiger partial charge in [-0.25, -0.2) is 4.90 Å². The van der Waals surface area contributed by atoms with E-state index in [1.54, 1.807) is 24.3 Å². The van der Waals surface area contributed by atoms with Crippen molar-refractivity contribution in [2.24, 2.45) is 0 Å². The van der Waals surface area contributed by atoms with Gasteiger partial charge in [0.15, 0.2) is 0 Å². The van der Waals surface area contributed by atoms with Crippen molar-refractivity contribution < 1.29 is 14.4 Å². The smallest absolute Gasteiger partial charge is 0.251 e. The molecule has 2 fully saturated rings. The summed E-state index contributed by atoms with van der Waals surface area (Å²) in [7, 11) is 0. The predicted molar refractivity (Wildman–Crippen MR) is 111 cm³/mol. The lowest BCUT2D eigenvalue weighted by atomic mass is 10.1. The maximum Gasteiger partial charge on any atom is 0.251 e. The predicted octanol–water partition coefficient (Wildman–Crippen LogP) is 2.36. The molecule has 0 unspecified atom stereocenters. The van der Waals surface area contributed by atoms with Crippen LogP contribution in [0.25, 0.3) is 0 Å². The molecule has 1 atom stereocenters. The topological polar surface area (TPSA) is 60.9 Å². The van der Waals surface area contributed by atoms with E-state index in [0.717, 1.165) is 5.56 Å². The van der Waals surface area contributed by atoms with Crippen LogP contribution in [0.3, 0.4) is 0 Å². The van der Waals surface area contributed by atoms with Crippen LogP contribution in [0.15, 0.2) is 54.6 Å². The molecule has 0 bridgehead atoms. The molecule has 4 rings (SSSR count). The largest absolute Gasteiger partial charge is 0.340 e. The van der Waals surface area contributed by atoms with Gasteiger partial charge >= 0.3 is 0 Å². The Bertz CT molecular complexity index is 909. The lowest BCUT2D eigenvalue weighted by molar-refractivity contribution is -0.133. The molecule has 0 saturated carbocycles. The molecular formula is C22H22ClN3O3. The van der Waals surface area contributed by atoms with Crippen LogP contribution in [0, 0.1) is 0 Å². The van der Waals surface area contributed by atoms with Crippen LogP contribution in [-0.2, 0) is 20.8 Å². The Kier molecular flexibility index (Phi) is 5.65. The Morgan fingerprint density at radius 1 is 0.931 bits per heavy atom. The van der Waals surface area contributed by atoms with Crippen molar-refractivity contribution in [1.82, 2.24) is 9.80 Å². The summed E-state index contributed by atoms with van der Waals surface area (Å²) in [4.78, 5) is 43.0. The summed E-state index contributed by atoms with van der Waals surface area (Å²) in [5, 5.41) is 0.556. The standard InChI is InChI=1S/C22H22ClN3O3/c23-17-6-8-18(9-7-17)26-21(28)15-19(22(26)29)24-10-12-25(13-11-24)20(27)14-16-4-2-1-3-5-16/h1-9,19H,10-15H2/t19-/m1/s1. The first-order valence-electron chi connectivity index (χ1n) is 9.71. The number of rotatable bonds is 4. The third kappa shape index (κ3) is 4.18. The van der Waals surface area contributed by atoms with Gasteiger partial charge in [0.25, 0.3) is 5.91 Å². The summed E-state index contributed by atoms with van der Waals surface area (Å²) in [5.41, 5.74) is 1.54. The molecule has 0 aromatic heterocycles. The molecule has 2 aromatic rings. The van der Waals surface area contributed by atoms with E-state index in [2.05, 4.69) is 0 Å². The van der Waals surface area contributed by atoms with Crippen LogP contribution in [-0.4, -0.2) is 59.7 Å². The van der Waals surface area contributed by atoms with Gasteiger partial charge < -0.3 is 4.90 Å². The molecule has 3 amide bonds. The number of nitrogens with zero attached hydrogens (tertiary/aromatic N) is 3. The highest BCUT2D eigenvalue weighted by molar-refractivity contribution is 6.30. The van der Waals surface area contributed by atoms with Gasteiger partial charge in [0.1, 0.15) is 0 Å². The normalized spacial score (nSPS) is 20.4. The van der Waals surface area contributed by atoms with Gasteiger partial charge in [0.2, 0.25) is 11.8 Å². The highest BCUT2D eigenvalue weighted by Crippen LogP contribution is 2.27. The Labute approximate surface area is 174 Å². The molecule has 0 radical (unpaired) electrons. The maximum atomic E-state index is 12.9. The molecule has 150 valence electrons. The van der Waals surface area contributed by atoms with Crippen molar-refractivity contribution in [1.29, 1.82) is 0 Å². The van der Waals surface area contributed by atoms with Gasteiger partial charge in [0.05, 0.1) is 24.6 Å². The lowest BCUT2D eigenvalue weighted by Gasteiger charge is -2.37. The van der Waals surface area contributed by atoms with E-state index in [9.17, 15) is 14.4 Å². The van der Waals surface area contributed by atoms with Gasteiger partial charge in [-0.05, 0) is 29.8 Å². The van der Waals surface area contributed by atoms with Gasteiger partial charge in [-0.2, -0.15) is 0 Å². The minimum Gasteiger partial charge on any atom is -0.340 e. The van der Waals surface area contributed by atoms with E-state index in [-0.39, 0.29) is 24.1 Å². The fourth-order valence-electron chi connectivity index (χ4n) is 3.93. The SMILES string of the molecule is O=C(Cc1ccccc1)N1CCN([C@@H]2CC(=O)N(c3ccc(Cl)cc3)C2=O)CC1. The number of hydrogen-bond acceptors (Lipinski definition) is 4. The fourth-order valence-corrected chi connectivity index (χ4v) is 4.05. The number of imide groups is 1. The van der Waals surface area contributed by atoms with Crippen LogP contribution >= 0.6 is 11.6 Å². The van der Waals surface area contributed by atoms with Gasteiger partial charge in [-0.15, -0.1) is 0 Å². The molecule has 29 heavy (non-hydrogen) atoms. The van der Waals surface area contributed by atoms with Crippen LogP contribution < -0.4 is 4.90 Å². The first-order valence-corrected chi connectivity index (χ1v) is 10.1. The van der Waals surface area contributed by atoms with E-state index in [1.807, 2.05) is 40.1 Å². The number of halogens is 1. The average Bonchev–Trinajstić information content (AvgIpc) is 3.04. The Balaban J connectivity index is 1.36. The Morgan fingerprint density at radius 2 is 1.59 bits per heavy atom. The molecule has 0 aliphatic carbocycles. The monoisotopic (exact) mass is 411 g/mol. The third-order valence-electron chi connectivity index (χ3n) is 5.51. The number of benzene rings is 2. The van der Waals surface area contributed by atoms with E-state index >= 15 is 0 Å². The lowest BCUT2D eigenvalue weighted by Crippen LogP contribution is -2.54. The summed E-state index contributed by atoms with van der Waals surface area (Å²) in [6, 6.07) is 15.9. The van der Waals surface area contributed by atoms with E-state index < -0.39 is 6.04 Å². The summed E-state index contributed by atoms with van der Waals surface area (Å²) in [6.07, 6.45) is 0.547. The van der Waals surface area contributed by atoms with Crippen molar-refractivity contribution in [2.45, 2.75) is 18.9 Å². The van der Waals surface area contributed by atoms with E-state index in [4.69, 9.17) is 11.6 Å². The van der Waals surface area contributed by atoms with Crippen molar-refractivity contribution in [3.63, 3.8) is 0 Å². The Hall–Kier alpha value is -2.70. The van der Waals surface area contributed by atoms with Crippen LogP contribution in [0.4, 0.5) is 5.69 Å². The minimum absolute atomic E-state index is 0.0902. The van der Waals surface area contributed by atoms with Crippen molar-refractivity contribution in [3.05, 3.63) is 65.2 Å². The number of piperazine rings is 1. The van der Waals surface area contributed by atoms with Gasteiger partial charge in [-0.3, -0.25) is 19.3 Å². The second-order valence-corrected chi connectivity index (χ2v) is 7.78. The molecular weight excluding hydrogens is 390 g/mol. The second kappa shape index (κ2) is 8.35. The van der Waals surface area contributed by atoms with Gasteiger partial charge in [-0.1, -0.05) is 41.9 Å². The van der Waals surface area contributed by atoms with Crippen molar-refractivity contribution in [2.75, 3.05) is 31.1 Å². The molecule has 2 saturated heterocycles. The zero-order valence-electron chi connectivity index (χ0n) is 16.0. The number of amides is 3. The first kappa shape index (κ1) is 19.6. The summed E-state index contributed by atoms with van der Waals surface area (Å²) < 4.78 is 0. The van der Waals surface area contributed by atoms with Crippen LogP contribution in [0.1, 0.15) is 12.0 Å². The molecule has 2 heterocycles. The summed E-state index contributed by atoms with van der Waals surface area (Å²) in [6.45, 7) is 2.28. The number of anilines is 1. The summed E-state index contributed by atoms with van der Waals surface area (Å²) in [5.74, 6) is -0.321. The molecule has 6 nitrogen and oxygen atoms in total. The summed E-state index contributed by atoms with van der Waals surface area (Å²) >= 11 is 5.90. The quantitative estimate of drug-likeness (QED) is 0.725. The first-order chi connectivity index (χ1) is 14.0. The van der Waals surface area contributed by atoms with Crippen LogP contribution in [0.5, 0.6) is 0 Å². The van der Waals surface area contributed by atoms with Crippen molar-refractivity contribution >= 4 is 35.0 Å². The maximum absolute atomic E-state index is 12.9. The fraction of sp³-hybridized carbons (Fsp3) is 0.318. The molecule has 0 spiro atoms. The number of carbonyl (C=O) groups excluding carboxylic acids is 3. The second-order valence-electron chi connectivity index (χ2n) is 7.34. The van der Waals surface area contributed by atoms with Crippen LogP contribution in [0.2, 0.25) is 5.02 Å². The highest BCUT2D eigenvalue weighted by Gasteiger charge is 2.43. The molecule has 2 aromatic carbocycles. The van der Waals surface area contributed by atoms with E-state index in [0.29, 0.717) is 43.3 Å². The minimum atomic E-state index is -0.468. The molecule has 7 heteroatoms. The van der Waals surface area contributed by atoms with E-state index in [1.165, 1.54) is 4.90 Å². The van der Waals surface area contributed by atoms with Crippen molar-refractivity contribution in [3.8, 4) is 0 Å². The van der Waals surface area contributed by atoms with Gasteiger partial charge in [0, 0.05) is 31.2 Å². The number of hydrogen-bond donors (Lipinski definition) is 0. The zero-order valence-corrected chi connectivity index (χ0v) is 16.7. The highest BCUT2D eigenvalue weighted by atomic mass is 35.5. The zero-order chi connectivity index (χ0) is 20.4.